The summed E-state index contributed by atoms with van der Waals surface area (Å²) in [5.41, 5.74) is 1.67. The van der Waals surface area contributed by atoms with Crippen molar-refractivity contribution < 1.29 is 14.3 Å². The lowest BCUT2D eigenvalue weighted by atomic mass is 10.1. The Morgan fingerprint density at radius 3 is 2.58 bits per heavy atom. The Hall–Kier alpha value is -1.55. The number of fused-ring (bicyclic) bond motifs is 2. The number of methoxy groups -OCH3 is 1. The van der Waals surface area contributed by atoms with Crippen molar-refractivity contribution in [1.82, 2.24) is 0 Å². The number of rotatable bonds is 3. The van der Waals surface area contributed by atoms with Crippen molar-refractivity contribution >= 4 is 11.5 Å². The van der Waals surface area contributed by atoms with Gasteiger partial charge in [0.1, 0.15) is 5.75 Å². The minimum absolute atomic E-state index is 0.0475. The second-order valence-corrected chi connectivity index (χ2v) is 5.27. The van der Waals surface area contributed by atoms with Gasteiger partial charge < -0.3 is 14.4 Å². The third-order valence-electron chi connectivity index (χ3n) is 3.96. The zero-order valence-corrected chi connectivity index (χ0v) is 11.4. The van der Waals surface area contributed by atoms with E-state index in [-0.39, 0.29) is 5.78 Å². The highest BCUT2D eigenvalue weighted by Gasteiger charge is 2.35. The standard InChI is InChI=1S/C15H19NO3/c1-10(17)15-13(4-3-5-14(15)18-2)16-8-11-6-7-12(9-16)19-11/h3-5,11-12H,6-9H2,1-2H3. The highest BCUT2D eigenvalue weighted by atomic mass is 16.5. The Labute approximate surface area is 113 Å². The third kappa shape index (κ3) is 2.21. The van der Waals surface area contributed by atoms with E-state index in [0.29, 0.717) is 23.5 Å². The molecule has 0 radical (unpaired) electrons. The van der Waals surface area contributed by atoms with E-state index in [9.17, 15) is 4.79 Å². The number of Topliss-reactive ketones (excluding diaryl/α,β-unsaturated/α-hetero) is 1. The van der Waals surface area contributed by atoms with Crippen LogP contribution in [0.3, 0.4) is 0 Å². The Morgan fingerprint density at radius 2 is 2.00 bits per heavy atom. The highest BCUT2D eigenvalue weighted by molar-refractivity contribution is 6.02. The van der Waals surface area contributed by atoms with Gasteiger partial charge in [-0.05, 0) is 31.9 Å². The van der Waals surface area contributed by atoms with E-state index >= 15 is 0 Å². The monoisotopic (exact) mass is 261 g/mol. The summed E-state index contributed by atoms with van der Waals surface area (Å²) in [7, 11) is 1.61. The lowest BCUT2D eigenvalue weighted by Crippen LogP contribution is -2.43. The van der Waals surface area contributed by atoms with Crippen molar-refractivity contribution in [3.63, 3.8) is 0 Å². The molecule has 0 aromatic heterocycles. The molecular formula is C15H19NO3. The van der Waals surface area contributed by atoms with Crippen LogP contribution in [0.2, 0.25) is 0 Å². The van der Waals surface area contributed by atoms with Gasteiger partial charge in [-0.1, -0.05) is 6.07 Å². The van der Waals surface area contributed by atoms with Gasteiger partial charge >= 0.3 is 0 Å². The molecule has 2 aliphatic heterocycles. The second-order valence-electron chi connectivity index (χ2n) is 5.27. The highest BCUT2D eigenvalue weighted by Crippen LogP contribution is 2.34. The number of nitrogens with zero attached hydrogens (tertiary/aromatic N) is 1. The molecule has 19 heavy (non-hydrogen) atoms. The van der Waals surface area contributed by atoms with Crippen LogP contribution < -0.4 is 9.64 Å². The van der Waals surface area contributed by atoms with Crippen molar-refractivity contribution in [2.75, 3.05) is 25.1 Å². The molecule has 1 aromatic rings. The molecule has 4 heteroatoms. The van der Waals surface area contributed by atoms with Crippen LogP contribution in [0.25, 0.3) is 0 Å². The summed E-state index contributed by atoms with van der Waals surface area (Å²) in [5, 5.41) is 0. The molecule has 0 spiro atoms. The molecule has 1 aromatic carbocycles. The predicted molar refractivity (Wildman–Crippen MR) is 73.1 cm³/mol. The quantitative estimate of drug-likeness (QED) is 0.782. The fourth-order valence-electron chi connectivity index (χ4n) is 3.12. The fraction of sp³-hybridized carbons (Fsp3) is 0.533. The van der Waals surface area contributed by atoms with Gasteiger partial charge in [-0.2, -0.15) is 0 Å². The number of ketones is 1. The molecule has 2 atom stereocenters. The molecule has 2 saturated heterocycles. The molecule has 2 bridgehead atoms. The number of hydrogen-bond acceptors (Lipinski definition) is 4. The molecule has 0 saturated carbocycles. The van der Waals surface area contributed by atoms with Crippen LogP contribution in [-0.4, -0.2) is 38.2 Å². The van der Waals surface area contributed by atoms with Crippen LogP contribution in [-0.2, 0) is 4.74 Å². The molecule has 3 rings (SSSR count). The van der Waals surface area contributed by atoms with Crippen LogP contribution in [0.15, 0.2) is 18.2 Å². The first-order valence-corrected chi connectivity index (χ1v) is 6.77. The SMILES string of the molecule is COc1cccc(N2CC3CCC(C2)O3)c1C(C)=O. The molecule has 0 amide bonds. The van der Waals surface area contributed by atoms with Crippen LogP contribution in [0.1, 0.15) is 30.1 Å². The summed E-state index contributed by atoms with van der Waals surface area (Å²) in [6, 6.07) is 5.79. The number of carbonyl (C=O) groups is 1. The lowest BCUT2D eigenvalue weighted by molar-refractivity contribution is 0.0304. The average molecular weight is 261 g/mol. The summed E-state index contributed by atoms with van der Waals surface area (Å²) < 4.78 is 11.2. The van der Waals surface area contributed by atoms with E-state index in [2.05, 4.69) is 4.90 Å². The zero-order valence-electron chi connectivity index (χ0n) is 11.4. The summed E-state index contributed by atoms with van der Waals surface area (Å²) in [6.45, 7) is 3.32. The number of ether oxygens (including phenoxy) is 2. The van der Waals surface area contributed by atoms with E-state index in [0.717, 1.165) is 31.6 Å². The molecule has 0 aliphatic carbocycles. The molecule has 2 unspecified atom stereocenters. The zero-order chi connectivity index (χ0) is 13.4. The van der Waals surface area contributed by atoms with E-state index in [1.54, 1.807) is 14.0 Å². The van der Waals surface area contributed by atoms with Gasteiger partial charge in [-0.15, -0.1) is 0 Å². The first kappa shape index (κ1) is 12.5. The number of hydrogen-bond donors (Lipinski definition) is 0. The first-order chi connectivity index (χ1) is 9.19. The normalized spacial score (nSPS) is 25.5. The fourth-order valence-corrected chi connectivity index (χ4v) is 3.12. The van der Waals surface area contributed by atoms with Gasteiger partial charge in [-0.25, -0.2) is 0 Å². The van der Waals surface area contributed by atoms with E-state index in [1.807, 2.05) is 18.2 Å². The molecular weight excluding hydrogens is 242 g/mol. The third-order valence-corrected chi connectivity index (χ3v) is 3.96. The Kier molecular flexibility index (Phi) is 3.19. The summed E-state index contributed by atoms with van der Waals surface area (Å²) in [6.07, 6.45) is 2.87. The molecule has 0 N–H and O–H groups in total. The maximum Gasteiger partial charge on any atom is 0.165 e. The number of benzene rings is 1. The number of carbonyl (C=O) groups excluding carboxylic acids is 1. The smallest absolute Gasteiger partial charge is 0.165 e. The van der Waals surface area contributed by atoms with Crippen LogP contribution in [0.4, 0.5) is 5.69 Å². The number of morpholine rings is 1. The van der Waals surface area contributed by atoms with Crippen LogP contribution >= 0.6 is 0 Å². The first-order valence-electron chi connectivity index (χ1n) is 6.77. The van der Waals surface area contributed by atoms with Gasteiger partial charge in [0.15, 0.2) is 5.78 Å². The Morgan fingerprint density at radius 1 is 1.32 bits per heavy atom. The Bertz CT molecular complexity index is 488. The molecule has 4 nitrogen and oxygen atoms in total. The van der Waals surface area contributed by atoms with Crippen molar-refractivity contribution in [3.8, 4) is 5.75 Å². The van der Waals surface area contributed by atoms with E-state index in [1.165, 1.54) is 0 Å². The van der Waals surface area contributed by atoms with E-state index in [4.69, 9.17) is 9.47 Å². The summed E-state index contributed by atoms with van der Waals surface area (Å²) in [4.78, 5) is 14.2. The molecule has 2 aliphatic rings. The van der Waals surface area contributed by atoms with Gasteiger partial charge in [0.25, 0.3) is 0 Å². The molecule has 2 heterocycles. The van der Waals surface area contributed by atoms with Crippen LogP contribution in [0.5, 0.6) is 5.75 Å². The minimum Gasteiger partial charge on any atom is -0.496 e. The Balaban J connectivity index is 1.98. The van der Waals surface area contributed by atoms with Crippen molar-refractivity contribution in [2.24, 2.45) is 0 Å². The van der Waals surface area contributed by atoms with Crippen molar-refractivity contribution in [2.45, 2.75) is 32.0 Å². The summed E-state index contributed by atoms with van der Waals surface area (Å²) in [5.74, 6) is 0.704. The van der Waals surface area contributed by atoms with Gasteiger partial charge in [-0.3, -0.25) is 4.79 Å². The van der Waals surface area contributed by atoms with Crippen molar-refractivity contribution in [1.29, 1.82) is 0 Å². The van der Waals surface area contributed by atoms with Gasteiger partial charge in [0.2, 0.25) is 0 Å². The maximum atomic E-state index is 11.9. The van der Waals surface area contributed by atoms with E-state index < -0.39 is 0 Å². The second kappa shape index (κ2) is 4.85. The largest absolute Gasteiger partial charge is 0.496 e. The topological polar surface area (TPSA) is 38.8 Å². The van der Waals surface area contributed by atoms with Gasteiger partial charge in [0.05, 0.1) is 30.6 Å². The average Bonchev–Trinajstić information content (AvgIpc) is 2.76. The molecule has 2 fully saturated rings. The van der Waals surface area contributed by atoms with Crippen molar-refractivity contribution in [3.05, 3.63) is 23.8 Å². The minimum atomic E-state index is 0.0475. The maximum absolute atomic E-state index is 11.9. The van der Waals surface area contributed by atoms with Crippen LogP contribution in [0, 0.1) is 0 Å². The predicted octanol–water partition coefficient (Wildman–Crippen LogP) is 2.27. The summed E-state index contributed by atoms with van der Waals surface area (Å²) >= 11 is 0. The number of anilines is 1. The van der Waals surface area contributed by atoms with Gasteiger partial charge in [0, 0.05) is 13.1 Å². The lowest BCUT2D eigenvalue weighted by Gasteiger charge is -2.35. The molecule has 102 valence electrons.